The summed E-state index contributed by atoms with van der Waals surface area (Å²) in [4.78, 5) is 14.8. The van der Waals surface area contributed by atoms with Gasteiger partial charge < -0.3 is 8.83 Å². The largest absolute Gasteiger partial charge is 0.456 e. The van der Waals surface area contributed by atoms with Crippen molar-refractivity contribution in [2.45, 2.75) is 0 Å². The van der Waals surface area contributed by atoms with Crippen LogP contribution in [0.2, 0.25) is 0 Å². The quantitative estimate of drug-likeness (QED) is 0.175. The molecule has 266 valence electrons. The van der Waals surface area contributed by atoms with Crippen LogP contribution in [0.4, 0.5) is 0 Å². The zero-order chi connectivity index (χ0) is 37.5. The molecule has 0 amide bonds. The summed E-state index contributed by atoms with van der Waals surface area (Å²) < 4.78 is 15.8. The van der Waals surface area contributed by atoms with E-state index in [0.717, 1.165) is 82.8 Å². The molecule has 0 saturated heterocycles. The van der Waals surface area contributed by atoms with Crippen LogP contribution >= 0.6 is 11.3 Å². The van der Waals surface area contributed by atoms with Crippen LogP contribution in [0.15, 0.2) is 185 Å². The van der Waals surface area contributed by atoms with E-state index in [1.807, 2.05) is 90.2 Å². The highest BCUT2D eigenvalue weighted by atomic mass is 32.1. The topological polar surface area (TPSA) is 65.0 Å². The number of thiophene rings is 1. The molecule has 0 spiro atoms. The number of fused-ring (bicyclic) bond motifs is 9. The lowest BCUT2D eigenvalue weighted by atomic mass is 9.94. The Morgan fingerprint density at radius 2 is 0.912 bits per heavy atom. The third kappa shape index (κ3) is 5.19. The second-order valence-corrected chi connectivity index (χ2v) is 15.4. The average Bonchev–Trinajstić information content (AvgIpc) is 3.97. The first kappa shape index (κ1) is 31.9. The molecule has 0 saturated carbocycles. The molecule has 0 radical (unpaired) electrons. The van der Waals surface area contributed by atoms with Gasteiger partial charge in [0, 0.05) is 69.5 Å². The van der Waals surface area contributed by atoms with Crippen molar-refractivity contribution in [2.75, 3.05) is 0 Å². The van der Waals surface area contributed by atoms with Crippen molar-refractivity contribution in [1.29, 1.82) is 0 Å². The van der Waals surface area contributed by atoms with Crippen LogP contribution in [0.5, 0.6) is 0 Å². The van der Waals surface area contributed by atoms with Crippen LogP contribution in [0.25, 0.3) is 120 Å². The maximum Gasteiger partial charge on any atom is 0.164 e. The number of aromatic nitrogens is 3. The summed E-state index contributed by atoms with van der Waals surface area (Å²) in [7, 11) is 0. The molecule has 4 heterocycles. The lowest BCUT2D eigenvalue weighted by Crippen LogP contribution is -2.00. The Bertz CT molecular complexity index is 3470. The van der Waals surface area contributed by atoms with Crippen LogP contribution in [0.1, 0.15) is 0 Å². The molecule has 12 rings (SSSR count). The number of nitrogens with zero attached hydrogens (tertiary/aromatic N) is 3. The molecule has 0 unspecified atom stereocenters. The van der Waals surface area contributed by atoms with E-state index in [1.165, 1.54) is 20.2 Å². The van der Waals surface area contributed by atoms with Crippen molar-refractivity contribution in [3.05, 3.63) is 176 Å². The van der Waals surface area contributed by atoms with Crippen molar-refractivity contribution >= 4 is 75.4 Å². The summed E-state index contributed by atoms with van der Waals surface area (Å²) in [5.41, 5.74) is 10.6. The van der Waals surface area contributed by atoms with Crippen LogP contribution in [-0.2, 0) is 0 Å². The van der Waals surface area contributed by atoms with E-state index in [0.29, 0.717) is 17.5 Å². The molecule has 57 heavy (non-hydrogen) atoms. The first-order valence-electron chi connectivity index (χ1n) is 18.9. The maximum atomic E-state index is 6.67. The van der Waals surface area contributed by atoms with Gasteiger partial charge >= 0.3 is 0 Å². The minimum Gasteiger partial charge on any atom is -0.456 e. The summed E-state index contributed by atoms with van der Waals surface area (Å²) >= 11 is 1.83. The molecule has 5 nitrogen and oxygen atoms in total. The number of para-hydroxylation sites is 2. The maximum absolute atomic E-state index is 6.67. The molecule has 0 fully saturated rings. The smallest absolute Gasteiger partial charge is 0.164 e. The number of hydrogen-bond donors (Lipinski definition) is 0. The van der Waals surface area contributed by atoms with Crippen molar-refractivity contribution in [2.24, 2.45) is 0 Å². The molecule has 8 aromatic carbocycles. The summed E-state index contributed by atoms with van der Waals surface area (Å²) in [6, 6.07) is 60.9. The van der Waals surface area contributed by atoms with Gasteiger partial charge in [-0.1, -0.05) is 127 Å². The molecular formula is C51H29N3O2S. The average molecular weight is 748 g/mol. The third-order valence-electron chi connectivity index (χ3n) is 10.9. The normalized spacial score (nSPS) is 11.9. The SMILES string of the molecule is c1ccc(-c2nc(-c3ccccc3)nc(-c3ccc4c(c3)oc3cc(-c5cc(-c6cccc7c6oc6ccccc67)c6sc7ccccc7c6c5)ccc34)n2)cc1. The van der Waals surface area contributed by atoms with Crippen LogP contribution in [0, 0.1) is 0 Å². The Hall–Kier alpha value is -7.41. The Balaban J connectivity index is 1.01. The fourth-order valence-corrected chi connectivity index (χ4v) is 9.40. The number of furan rings is 2. The zero-order valence-electron chi connectivity index (χ0n) is 30.3. The molecule has 0 aliphatic heterocycles. The Morgan fingerprint density at radius 3 is 1.65 bits per heavy atom. The predicted octanol–water partition coefficient (Wildman–Crippen LogP) is 14.4. The highest BCUT2D eigenvalue weighted by molar-refractivity contribution is 7.26. The van der Waals surface area contributed by atoms with Gasteiger partial charge in [0.1, 0.15) is 22.3 Å². The Kier molecular flexibility index (Phi) is 7.03. The summed E-state index contributed by atoms with van der Waals surface area (Å²) in [5.74, 6) is 1.84. The van der Waals surface area contributed by atoms with Gasteiger partial charge in [0.05, 0.1) is 0 Å². The molecule has 0 atom stereocenters. The lowest BCUT2D eigenvalue weighted by molar-refractivity contribution is 0.669. The molecule has 0 aliphatic rings. The summed E-state index contributed by atoms with van der Waals surface area (Å²) in [6.45, 7) is 0. The number of benzene rings is 8. The van der Waals surface area contributed by atoms with Gasteiger partial charge in [-0.25, -0.2) is 15.0 Å². The Morgan fingerprint density at radius 1 is 0.333 bits per heavy atom. The van der Waals surface area contributed by atoms with E-state index in [9.17, 15) is 0 Å². The molecule has 12 aromatic rings. The summed E-state index contributed by atoms with van der Waals surface area (Å²) in [6.07, 6.45) is 0. The van der Waals surface area contributed by atoms with Crippen molar-refractivity contribution in [1.82, 2.24) is 15.0 Å². The third-order valence-corrected chi connectivity index (χ3v) is 12.2. The molecule has 0 N–H and O–H groups in total. The van der Waals surface area contributed by atoms with E-state index in [2.05, 4.69) is 97.1 Å². The second kappa shape index (κ2) is 12.6. The molecule has 0 bridgehead atoms. The zero-order valence-corrected chi connectivity index (χ0v) is 31.1. The van der Waals surface area contributed by atoms with E-state index >= 15 is 0 Å². The Labute approximate surface area is 330 Å². The van der Waals surface area contributed by atoms with Crippen molar-refractivity contribution < 1.29 is 8.83 Å². The van der Waals surface area contributed by atoms with Gasteiger partial charge in [0.15, 0.2) is 17.5 Å². The summed E-state index contributed by atoms with van der Waals surface area (Å²) in [5, 5.41) is 6.82. The molecule has 0 aliphatic carbocycles. The standard InChI is InChI=1S/C51H29N3O2S/c1-3-12-30(13-4-1)49-52-50(31-14-5-2-6-15-31)54-51(53-49)33-23-25-37-36-24-22-32(28-44(36)55-45(37)29-33)34-26-41-38-17-8-10-21-46(38)57-48(41)42(27-34)40-19-11-18-39-35-16-7-9-20-43(35)56-47(39)40/h1-29H. The van der Waals surface area contributed by atoms with Crippen LogP contribution < -0.4 is 0 Å². The van der Waals surface area contributed by atoms with E-state index < -0.39 is 0 Å². The van der Waals surface area contributed by atoms with Crippen molar-refractivity contribution in [3.8, 4) is 56.4 Å². The van der Waals surface area contributed by atoms with Gasteiger partial charge in [-0.2, -0.15) is 0 Å². The predicted molar refractivity (Wildman–Crippen MR) is 234 cm³/mol. The lowest BCUT2D eigenvalue weighted by Gasteiger charge is -2.10. The minimum absolute atomic E-state index is 0.592. The minimum atomic E-state index is 0.592. The van der Waals surface area contributed by atoms with E-state index in [-0.39, 0.29) is 0 Å². The number of hydrogen-bond acceptors (Lipinski definition) is 6. The van der Waals surface area contributed by atoms with Crippen LogP contribution in [-0.4, -0.2) is 15.0 Å². The van der Waals surface area contributed by atoms with Gasteiger partial charge in [-0.15, -0.1) is 11.3 Å². The van der Waals surface area contributed by atoms with Gasteiger partial charge in [0.2, 0.25) is 0 Å². The van der Waals surface area contributed by atoms with Gasteiger partial charge in [-0.05, 0) is 59.7 Å². The first-order valence-corrected chi connectivity index (χ1v) is 19.7. The molecular weight excluding hydrogens is 719 g/mol. The van der Waals surface area contributed by atoms with Crippen molar-refractivity contribution in [3.63, 3.8) is 0 Å². The second-order valence-electron chi connectivity index (χ2n) is 14.3. The molecule has 4 aromatic heterocycles. The fraction of sp³-hybridized carbons (Fsp3) is 0. The monoisotopic (exact) mass is 747 g/mol. The van der Waals surface area contributed by atoms with Gasteiger partial charge in [0.25, 0.3) is 0 Å². The highest BCUT2D eigenvalue weighted by Gasteiger charge is 2.20. The highest BCUT2D eigenvalue weighted by Crippen LogP contribution is 2.46. The fourth-order valence-electron chi connectivity index (χ4n) is 8.19. The van der Waals surface area contributed by atoms with E-state index in [1.54, 1.807) is 0 Å². The van der Waals surface area contributed by atoms with Gasteiger partial charge in [-0.3, -0.25) is 0 Å². The van der Waals surface area contributed by atoms with Crippen LogP contribution in [0.3, 0.4) is 0 Å². The van der Waals surface area contributed by atoms with E-state index in [4.69, 9.17) is 23.8 Å². The molecule has 6 heteroatoms. The number of rotatable bonds is 5. The first-order chi connectivity index (χ1) is 28.2.